The number of amides is 1. The third kappa shape index (κ3) is 3.91. The number of carbonyl (C=O) groups excluding carboxylic acids is 1. The van der Waals surface area contributed by atoms with E-state index >= 15 is 0 Å². The standard InChI is InChI=1S/C16H13ClN4OS/c1-10-7-19-14(9-18-10)15(22)21-16-20-8-12(23-16)6-11-4-2-3-5-13(11)17/h2-5,7-9H,6H2,1H3,(H,20,21,22). The van der Waals surface area contributed by atoms with Gasteiger partial charge in [0.05, 0.1) is 11.9 Å². The molecule has 0 spiro atoms. The number of nitrogens with zero attached hydrogens (tertiary/aromatic N) is 3. The molecule has 0 saturated heterocycles. The van der Waals surface area contributed by atoms with Gasteiger partial charge < -0.3 is 0 Å². The van der Waals surface area contributed by atoms with Gasteiger partial charge in [0.2, 0.25) is 0 Å². The van der Waals surface area contributed by atoms with Gasteiger partial charge in [0.25, 0.3) is 5.91 Å². The predicted octanol–water partition coefficient (Wildman–Crippen LogP) is 3.74. The quantitative estimate of drug-likeness (QED) is 0.782. The number of hydrogen-bond acceptors (Lipinski definition) is 5. The second-order valence-electron chi connectivity index (χ2n) is 4.90. The van der Waals surface area contributed by atoms with Crippen LogP contribution in [0.3, 0.4) is 0 Å². The van der Waals surface area contributed by atoms with Crippen LogP contribution in [-0.4, -0.2) is 20.9 Å². The summed E-state index contributed by atoms with van der Waals surface area (Å²) >= 11 is 7.57. The van der Waals surface area contributed by atoms with Gasteiger partial charge in [-0.05, 0) is 18.6 Å². The number of hydrogen-bond donors (Lipinski definition) is 1. The van der Waals surface area contributed by atoms with Gasteiger partial charge in [0.1, 0.15) is 5.69 Å². The highest BCUT2D eigenvalue weighted by molar-refractivity contribution is 7.15. The van der Waals surface area contributed by atoms with Crippen molar-refractivity contribution in [1.82, 2.24) is 15.0 Å². The fourth-order valence-corrected chi connectivity index (χ4v) is 2.98. The number of aromatic nitrogens is 3. The van der Waals surface area contributed by atoms with Crippen LogP contribution in [0.25, 0.3) is 0 Å². The second kappa shape index (κ2) is 6.85. The third-order valence-corrected chi connectivity index (χ3v) is 4.39. The smallest absolute Gasteiger partial charge is 0.277 e. The molecule has 0 aliphatic heterocycles. The third-order valence-electron chi connectivity index (χ3n) is 3.11. The first kappa shape index (κ1) is 15.6. The van der Waals surface area contributed by atoms with Crippen LogP contribution in [0.2, 0.25) is 5.02 Å². The maximum atomic E-state index is 12.1. The first-order valence-electron chi connectivity index (χ1n) is 6.90. The maximum absolute atomic E-state index is 12.1. The first-order valence-corrected chi connectivity index (χ1v) is 8.09. The average Bonchev–Trinajstić information content (AvgIpc) is 2.97. The predicted molar refractivity (Wildman–Crippen MR) is 91.1 cm³/mol. The Morgan fingerprint density at radius 1 is 1.17 bits per heavy atom. The maximum Gasteiger partial charge on any atom is 0.277 e. The summed E-state index contributed by atoms with van der Waals surface area (Å²) in [5.74, 6) is -0.323. The van der Waals surface area contributed by atoms with Crippen LogP contribution in [0, 0.1) is 6.92 Å². The van der Waals surface area contributed by atoms with Crippen LogP contribution in [0.1, 0.15) is 26.6 Å². The zero-order valence-electron chi connectivity index (χ0n) is 12.3. The Kier molecular flexibility index (Phi) is 4.64. The Morgan fingerprint density at radius 3 is 2.74 bits per heavy atom. The van der Waals surface area contributed by atoms with E-state index in [-0.39, 0.29) is 11.6 Å². The van der Waals surface area contributed by atoms with Gasteiger partial charge in [-0.2, -0.15) is 0 Å². The Morgan fingerprint density at radius 2 is 2.00 bits per heavy atom. The lowest BCUT2D eigenvalue weighted by Gasteiger charge is -2.01. The van der Waals surface area contributed by atoms with E-state index in [1.54, 1.807) is 12.4 Å². The zero-order chi connectivity index (χ0) is 16.2. The van der Waals surface area contributed by atoms with Crippen LogP contribution in [0.5, 0.6) is 0 Å². The molecule has 7 heteroatoms. The summed E-state index contributed by atoms with van der Waals surface area (Å²) in [6.07, 6.45) is 5.42. The van der Waals surface area contributed by atoms with Crippen molar-refractivity contribution in [3.05, 3.63) is 69.7 Å². The molecule has 0 radical (unpaired) electrons. The van der Waals surface area contributed by atoms with Crippen molar-refractivity contribution >= 4 is 34.0 Å². The van der Waals surface area contributed by atoms with E-state index in [9.17, 15) is 4.79 Å². The Hall–Kier alpha value is -2.31. The molecule has 0 bridgehead atoms. The molecule has 0 aliphatic carbocycles. The van der Waals surface area contributed by atoms with Crippen LogP contribution in [0.4, 0.5) is 5.13 Å². The number of anilines is 1. The molecule has 0 saturated carbocycles. The average molecular weight is 345 g/mol. The fourth-order valence-electron chi connectivity index (χ4n) is 1.95. The lowest BCUT2D eigenvalue weighted by atomic mass is 10.1. The number of thiazole rings is 1. The Bertz CT molecular complexity index is 832. The highest BCUT2D eigenvalue weighted by Crippen LogP contribution is 2.24. The normalized spacial score (nSPS) is 10.5. The molecule has 1 amide bonds. The molecule has 2 aromatic heterocycles. The number of carbonyl (C=O) groups is 1. The molecule has 116 valence electrons. The van der Waals surface area contributed by atoms with E-state index in [2.05, 4.69) is 20.3 Å². The summed E-state index contributed by atoms with van der Waals surface area (Å²) in [5.41, 5.74) is 2.05. The fraction of sp³-hybridized carbons (Fsp3) is 0.125. The van der Waals surface area contributed by atoms with Gasteiger partial charge in [-0.15, -0.1) is 11.3 Å². The number of rotatable bonds is 4. The molecule has 0 fully saturated rings. The first-order chi connectivity index (χ1) is 11.1. The molecule has 1 aromatic carbocycles. The van der Waals surface area contributed by atoms with Crippen molar-refractivity contribution in [2.75, 3.05) is 5.32 Å². The molecule has 2 heterocycles. The number of aryl methyl sites for hydroxylation is 1. The molecule has 23 heavy (non-hydrogen) atoms. The summed E-state index contributed by atoms with van der Waals surface area (Å²) in [6.45, 7) is 1.82. The summed E-state index contributed by atoms with van der Waals surface area (Å²) in [5, 5.41) is 3.98. The van der Waals surface area contributed by atoms with E-state index in [4.69, 9.17) is 11.6 Å². The monoisotopic (exact) mass is 344 g/mol. The van der Waals surface area contributed by atoms with E-state index in [1.807, 2.05) is 31.2 Å². The summed E-state index contributed by atoms with van der Waals surface area (Å²) in [7, 11) is 0. The van der Waals surface area contributed by atoms with Gasteiger partial charge in [-0.3, -0.25) is 15.1 Å². The van der Waals surface area contributed by atoms with E-state index in [0.29, 0.717) is 11.6 Å². The Balaban J connectivity index is 1.68. The van der Waals surface area contributed by atoms with Crippen LogP contribution < -0.4 is 5.32 Å². The molecular weight excluding hydrogens is 332 g/mol. The molecule has 0 atom stereocenters. The second-order valence-corrected chi connectivity index (χ2v) is 6.42. The molecule has 0 aliphatic rings. The largest absolute Gasteiger partial charge is 0.296 e. The lowest BCUT2D eigenvalue weighted by Crippen LogP contribution is -2.13. The molecule has 3 aromatic rings. The summed E-state index contributed by atoms with van der Waals surface area (Å²) in [6, 6.07) is 7.67. The summed E-state index contributed by atoms with van der Waals surface area (Å²) < 4.78 is 0. The van der Waals surface area contributed by atoms with Crippen molar-refractivity contribution in [3.63, 3.8) is 0 Å². The highest BCUT2D eigenvalue weighted by atomic mass is 35.5. The van der Waals surface area contributed by atoms with Crippen LogP contribution in [0.15, 0.2) is 42.9 Å². The Labute approximate surface area is 142 Å². The van der Waals surface area contributed by atoms with Crippen LogP contribution >= 0.6 is 22.9 Å². The minimum atomic E-state index is -0.323. The van der Waals surface area contributed by atoms with Crippen molar-refractivity contribution in [1.29, 1.82) is 0 Å². The van der Waals surface area contributed by atoms with Gasteiger partial charge in [0, 0.05) is 28.7 Å². The van der Waals surface area contributed by atoms with Crippen LogP contribution in [-0.2, 0) is 6.42 Å². The highest BCUT2D eigenvalue weighted by Gasteiger charge is 2.11. The molecule has 5 nitrogen and oxygen atoms in total. The van der Waals surface area contributed by atoms with E-state index in [0.717, 1.165) is 21.2 Å². The number of nitrogens with one attached hydrogen (secondary N) is 1. The van der Waals surface area contributed by atoms with Crippen molar-refractivity contribution in [2.45, 2.75) is 13.3 Å². The van der Waals surface area contributed by atoms with E-state index < -0.39 is 0 Å². The van der Waals surface area contributed by atoms with E-state index in [1.165, 1.54) is 17.5 Å². The van der Waals surface area contributed by atoms with Gasteiger partial charge >= 0.3 is 0 Å². The van der Waals surface area contributed by atoms with Crippen molar-refractivity contribution < 1.29 is 4.79 Å². The molecule has 0 unspecified atom stereocenters. The molecule has 1 N–H and O–H groups in total. The minimum absolute atomic E-state index is 0.262. The topological polar surface area (TPSA) is 67.8 Å². The lowest BCUT2D eigenvalue weighted by molar-refractivity contribution is 0.102. The van der Waals surface area contributed by atoms with Gasteiger partial charge in [0.15, 0.2) is 5.13 Å². The van der Waals surface area contributed by atoms with Gasteiger partial charge in [-0.25, -0.2) is 9.97 Å². The van der Waals surface area contributed by atoms with Crippen molar-refractivity contribution in [2.24, 2.45) is 0 Å². The SMILES string of the molecule is Cc1cnc(C(=O)Nc2ncc(Cc3ccccc3Cl)s2)cn1. The number of halogens is 1. The minimum Gasteiger partial charge on any atom is -0.296 e. The molecule has 3 rings (SSSR count). The molecular formula is C16H13ClN4OS. The number of benzene rings is 1. The van der Waals surface area contributed by atoms with Gasteiger partial charge in [-0.1, -0.05) is 29.8 Å². The van der Waals surface area contributed by atoms with Crippen molar-refractivity contribution in [3.8, 4) is 0 Å². The summed E-state index contributed by atoms with van der Waals surface area (Å²) in [4.78, 5) is 25.4. The zero-order valence-corrected chi connectivity index (χ0v) is 13.9.